The van der Waals surface area contributed by atoms with Crippen LogP contribution in [0.2, 0.25) is 0 Å². The summed E-state index contributed by atoms with van der Waals surface area (Å²) in [4.78, 5) is 30.9. The number of amides is 2. The zero-order chi connectivity index (χ0) is 20.4. The Bertz CT molecular complexity index is 1040. The van der Waals surface area contributed by atoms with Crippen molar-refractivity contribution in [2.45, 2.75) is 45.2 Å². The molecule has 0 radical (unpaired) electrons. The number of para-hydroxylation sites is 2. The highest BCUT2D eigenvalue weighted by molar-refractivity contribution is 7.14. The Labute approximate surface area is 172 Å². The molecule has 29 heavy (non-hydrogen) atoms. The van der Waals surface area contributed by atoms with Crippen molar-refractivity contribution in [2.75, 3.05) is 0 Å². The molecule has 3 aromatic rings. The molecule has 1 aliphatic rings. The first-order valence-corrected chi connectivity index (χ1v) is 10.6. The highest BCUT2D eigenvalue weighted by Gasteiger charge is 2.32. The van der Waals surface area contributed by atoms with Crippen molar-refractivity contribution >= 4 is 34.2 Å². The van der Waals surface area contributed by atoms with Crippen LogP contribution in [0, 0.1) is 12.8 Å². The fourth-order valence-corrected chi connectivity index (χ4v) is 4.98. The van der Waals surface area contributed by atoms with E-state index >= 15 is 0 Å². The van der Waals surface area contributed by atoms with Gasteiger partial charge in [0.05, 0.1) is 28.4 Å². The van der Waals surface area contributed by atoms with E-state index in [9.17, 15) is 9.59 Å². The summed E-state index contributed by atoms with van der Waals surface area (Å²) in [6, 6.07) is 11.5. The van der Waals surface area contributed by atoms with Gasteiger partial charge in [-0.15, -0.1) is 11.3 Å². The minimum atomic E-state index is -0.427. The molecule has 0 unspecified atom stereocenters. The van der Waals surface area contributed by atoms with E-state index in [1.54, 1.807) is 5.48 Å². The van der Waals surface area contributed by atoms with Crippen LogP contribution in [0.25, 0.3) is 11.0 Å². The fourth-order valence-electron chi connectivity index (χ4n) is 4.08. The number of fused-ring (bicyclic) bond motifs is 1. The van der Waals surface area contributed by atoms with E-state index in [4.69, 9.17) is 5.21 Å². The molecule has 1 aliphatic carbocycles. The third-order valence-corrected chi connectivity index (χ3v) is 6.64. The van der Waals surface area contributed by atoms with Crippen LogP contribution in [0.3, 0.4) is 0 Å². The zero-order valence-corrected chi connectivity index (χ0v) is 17.0. The summed E-state index contributed by atoms with van der Waals surface area (Å²) in [7, 11) is 0. The fraction of sp³-hybridized carbons (Fsp3) is 0.381. The van der Waals surface area contributed by atoms with Crippen LogP contribution in [0.5, 0.6) is 0 Å². The molecule has 4 rings (SSSR count). The number of hydrogen-bond acceptors (Lipinski definition) is 5. The monoisotopic (exact) mass is 412 g/mol. The van der Waals surface area contributed by atoms with Gasteiger partial charge in [0.2, 0.25) is 5.91 Å². The number of nitrogens with zero attached hydrogens (tertiary/aromatic N) is 2. The van der Waals surface area contributed by atoms with Crippen molar-refractivity contribution < 1.29 is 14.8 Å². The van der Waals surface area contributed by atoms with Crippen LogP contribution in [0.1, 0.15) is 46.1 Å². The van der Waals surface area contributed by atoms with E-state index in [1.807, 2.05) is 43.3 Å². The molecule has 1 saturated carbocycles. The summed E-state index contributed by atoms with van der Waals surface area (Å²) in [5.74, 6) is -0.0526. The molecule has 2 heterocycles. The smallest absolute Gasteiger partial charge is 0.261 e. The summed E-state index contributed by atoms with van der Waals surface area (Å²) < 4.78 is 2.14. The predicted molar refractivity (Wildman–Crippen MR) is 111 cm³/mol. The summed E-state index contributed by atoms with van der Waals surface area (Å²) in [6.45, 7) is 2.64. The first-order chi connectivity index (χ1) is 14.1. The van der Waals surface area contributed by atoms with Gasteiger partial charge in [-0.1, -0.05) is 25.0 Å². The molecule has 0 saturated heterocycles. The molecular weight excluding hydrogens is 388 g/mol. The Kier molecular flexibility index (Phi) is 5.64. The number of nitrogens with one attached hydrogen (secondary N) is 2. The van der Waals surface area contributed by atoms with Crippen LogP contribution < -0.4 is 10.8 Å². The van der Waals surface area contributed by atoms with Gasteiger partial charge in [-0.25, -0.2) is 10.5 Å². The number of imidazole rings is 1. The van der Waals surface area contributed by atoms with E-state index < -0.39 is 11.8 Å². The van der Waals surface area contributed by atoms with Crippen LogP contribution in [-0.4, -0.2) is 32.6 Å². The Morgan fingerprint density at radius 2 is 2.00 bits per heavy atom. The molecule has 1 fully saturated rings. The quantitative estimate of drug-likeness (QED) is 0.443. The SMILES string of the molecule is Cc1nc2ccccc2n1Cc1ccc(C(=O)N[C@@H]2CCCC[C@@H]2C(=O)NO)s1. The Morgan fingerprint density at radius 1 is 1.21 bits per heavy atom. The molecule has 8 heteroatoms. The second kappa shape index (κ2) is 8.34. The van der Waals surface area contributed by atoms with Crippen LogP contribution >= 0.6 is 11.3 Å². The maximum atomic E-state index is 12.8. The number of benzene rings is 1. The number of rotatable bonds is 5. The van der Waals surface area contributed by atoms with Gasteiger partial charge >= 0.3 is 0 Å². The van der Waals surface area contributed by atoms with Crippen LogP contribution in [0.4, 0.5) is 0 Å². The topological polar surface area (TPSA) is 96.2 Å². The zero-order valence-electron chi connectivity index (χ0n) is 16.2. The lowest BCUT2D eigenvalue weighted by Crippen LogP contribution is -2.47. The molecular formula is C21H24N4O3S. The highest BCUT2D eigenvalue weighted by Crippen LogP contribution is 2.26. The van der Waals surface area contributed by atoms with Gasteiger partial charge in [-0.2, -0.15) is 0 Å². The molecule has 3 N–H and O–H groups in total. The number of aryl methyl sites for hydroxylation is 1. The lowest BCUT2D eigenvalue weighted by atomic mass is 9.84. The number of thiophene rings is 1. The second-order valence-corrected chi connectivity index (χ2v) is 8.62. The normalized spacial score (nSPS) is 19.2. The average molecular weight is 413 g/mol. The Balaban J connectivity index is 1.47. The molecule has 0 bridgehead atoms. The maximum Gasteiger partial charge on any atom is 0.261 e. The largest absolute Gasteiger partial charge is 0.348 e. The summed E-state index contributed by atoms with van der Waals surface area (Å²) >= 11 is 1.45. The van der Waals surface area contributed by atoms with Gasteiger partial charge in [0.25, 0.3) is 5.91 Å². The van der Waals surface area contributed by atoms with Crippen LogP contribution in [-0.2, 0) is 11.3 Å². The van der Waals surface area contributed by atoms with Gasteiger partial charge in [-0.05, 0) is 44.0 Å². The van der Waals surface area contributed by atoms with E-state index in [1.165, 1.54) is 11.3 Å². The van der Waals surface area contributed by atoms with Crippen molar-refractivity contribution in [3.63, 3.8) is 0 Å². The number of hydroxylamine groups is 1. The van der Waals surface area contributed by atoms with Gasteiger partial charge in [0.15, 0.2) is 0 Å². The molecule has 7 nitrogen and oxygen atoms in total. The third-order valence-electron chi connectivity index (χ3n) is 5.57. The first-order valence-electron chi connectivity index (χ1n) is 9.82. The van der Waals surface area contributed by atoms with E-state index in [0.29, 0.717) is 17.8 Å². The number of hydrogen-bond donors (Lipinski definition) is 3. The second-order valence-electron chi connectivity index (χ2n) is 7.45. The molecule has 0 spiro atoms. The predicted octanol–water partition coefficient (Wildman–Crippen LogP) is 3.25. The maximum absolute atomic E-state index is 12.8. The standard InChI is InChI=1S/C21H24N4O3S/c1-13-22-17-8-4-5-9-18(17)25(13)12-14-10-11-19(29-14)21(27)23-16-7-3-2-6-15(16)20(26)24-28/h4-5,8-11,15-16,28H,2-3,6-7,12H2,1H3,(H,23,27)(H,24,26)/t15-,16+/m0/s1. The van der Waals surface area contributed by atoms with Gasteiger partial charge in [-0.3, -0.25) is 14.8 Å². The van der Waals surface area contributed by atoms with E-state index in [-0.39, 0.29) is 11.9 Å². The lowest BCUT2D eigenvalue weighted by Gasteiger charge is -2.30. The van der Waals surface area contributed by atoms with Crippen molar-refractivity contribution in [3.05, 3.63) is 52.0 Å². The van der Waals surface area contributed by atoms with E-state index in [2.05, 4.69) is 14.9 Å². The molecule has 1 aromatic carbocycles. The van der Waals surface area contributed by atoms with Crippen molar-refractivity contribution in [1.82, 2.24) is 20.3 Å². The third kappa shape index (κ3) is 4.04. The van der Waals surface area contributed by atoms with Crippen molar-refractivity contribution in [1.29, 1.82) is 0 Å². The lowest BCUT2D eigenvalue weighted by molar-refractivity contribution is -0.135. The highest BCUT2D eigenvalue weighted by atomic mass is 32.1. The molecule has 2 aromatic heterocycles. The summed E-state index contributed by atoms with van der Waals surface area (Å²) in [5.41, 5.74) is 3.77. The van der Waals surface area contributed by atoms with E-state index in [0.717, 1.165) is 41.0 Å². The molecule has 2 amide bonds. The minimum Gasteiger partial charge on any atom is -0.348 e. The summed E-state index contributed by atoms with van der Waals surface area (Å²) in [6.07, 6.45) is 3.29. The number of carbonyl (C=O) groups excluding carboxylic acids is 2. The first kappa shape index (κ1) is 19.6. The molecule has 152 valence electrons. The van der Waals surface area contributed by atoms with Crippen molar-refractivity contribution in [2.24, 2.45) is 5.92 Å². The molecule has 0 aliphatic heterocycles. The van der Waals surface area contributed by atoms with Crippen molar-refractivity contribution in [3.8, 4) is 0 Å². The van der Waals surface area contributed by atoms with Gasteiger partial charge in [0, 0.05) is 10.9 Å². The molecule has 2 atom stereocenters. The average Bonchev–Trinajstić information content (AvgIpc) is 3.33. The number of aromatic nitrogens is 2. The Morgan fingerprint density at radius 3 is 2.83 bits per heavy atom. The Hall–Kier alpha value is -2.71. The summed E-state index contributed by atoms with van der Waals surface area (Å²) in [5, 5.41) is 12.0. The van der Waals surface area contributed by atoms with Gasteiger partial charge < -0.3 is 9.88 Å². The number of carbonyl (C=O) groups is 2. The van der Waals surface area contributed by atoms with Gasteiger partial charge in [0.1, 0.15) is 5.82 Å². The van der Waals surface area contributed by atoms with Crippen LogP contribution in [0.15, 0.2) is 36.4 Å². The minimum absolute atomic E-state index is 0.170.